The Morgan fingerprint density at radius 2 is 2.40 bits per heavy atom. The maximum Gasteiger partial charge on any atom is 0.305 e. The normalized spacial score (nSPS) is 26.0. The van der Waals surface area contributed by atoms with Gasteiger partial charge in [0.25, 0.3) is 0 Å². The number of hydrogen-bond acceptors (Lipinski definition) is 4. The van der Waals surface area contributed by atoms with Crippen molar-refractivity contribution >= 4 is 5.97 Å². The number of carbonyl (C=O) groups is 1. The largest absolute Gasteiger partial charge is 0.463 e. The summed E-state index contributed by atoms with van der Waals surface area (Å²) >= 11 is 0. The first kappa shape index (κ1) is 12.2. The van der Waals surface area contributed by atoms with E-state index in [2.05, 4.69) is 0 Å². The molecule has 0 bridgehead atoms. The SMILES string of the molecule is C/C=C/C1OCC(COC(=O)CCC)O1. The molecule has 0 saturated carbocycles. The number of allylic oxidation sites excluding steroid dienone is 1. The van der Waals surface area contributed by atoms with Crippen LogP contribution in [-0.4, -0.2) is 31.6 Å². The minimum absolute atomic E-state index is 0.132. The Balaban J connectivity index is 2.16. The van der Waals surface area contributed by atoms with E-state index in [1.54, 1.807) is 0 Å². The van der Waals surface area contributed by atoms with Crippen molar-refractivity contribution in [1.82, 2.24) is 0 Å². The lowest BCUT2D eigenvalue weighted by molar-refractivity contribution is -0.147. The van der Waals surface area contributed by atoms with E-state index in [-0.39, 0.29) is 25.0 Å². The molecule has 1 heterocycles. The highest BCUT2D eigenvalue weighted by molar-refractivity contribution is 5.69. The first-order valence-electron chi connectivity index (χ1n) is 5.31. The van der Waals surface area contributed by atoms with Gasteiger partial charge in [-0.2, -0.15) is 0 Å². The van der Waals surface area contributed by atoms with Crippen LogP contribution in [0.15, 0.2) is 12.2 Å². The summed E-state index contributed by atoms with van der Waals surface area (Å²) in [4.78, 5) is 11.1. The Morgan fingerprint density at radius 1 is 1.60 bits per heavy atom. The standard InChI is InChI=1S/C11H18O4/c1-3-5-10(12)13-7-9-8-14-11(15-9)6-4-2/h4,6,9,11H,3,5,7-8H2,1-2H3/b6-4+. The van der Waals surface area contributed by atoms with E-state index in [9.17, 15) is 4.79 Å². The van der Waals surface area contributed by atoms with Crippen molar-refractivity contribution in [2.75, 3.05) is 13.2 Å². The molecule has 0 aromatic heterocycles. The lowest BCUT2D eigenvalue weighted by Gasteiger charge is -2.09. The first-order chi connectivity index (χ1) is 7.26. The topological polar surface area (TPSA) is 44.8 Å². The van der Waals surface area contributed by atoms with E-state index in [4.69, 9.17) is 14.2 Å². The van der Waals surface area contributed by atoms with Gasteiger partial charge >= 0.3 is 5.97 Å². The summed E-state index contributed by atoms with van der Waals surface area (Å²) in [5.41, 5.74) is 0. The van der Waals surface area contributed by atoms with Crippen molar-refractivity contribution in [3.05, 3.63) is 12.2 Å². The molecule has 1 aliphatic heterocycles. The van der Waals surface area contributed by atoms with Crippen LogP contribution in [0.2, 0.25) is 0 Å². The quantitative estimate of drug-likeness (QED) is 0.515. The molecule has 0 amide bonds. The van der Waals surface area contributed by atoms with Gasteiger partial charge in [0.1, 0.15) is 12.7 Å². The number of ether oxygens (including phenoxy) is 3. The van der Waals surface area contributed by atoms with Crippen molar-refractivity contribution in [1.29, 1.82) is 0 Å². The second-order valence-corrected chi connectivity index (χ2v) is 3.42. The minimum atomic E-state index is -0.287. The fourth-order valence-electron chi connectivity index (χ4n) is 1.28. The number of hydrogen-bond donors (Lipinski definition) is 0. The zero-order valence-corrected chi connectivity index (χ0v) is 9.27. The van der Waals surface area contributed by atoms with Crippen molar-refractivity contribution in [3.8, 4) is 0 Å². The predicted molar refractivity (Wildman–Crippen MR) is 55.3 cm³/mol. The molecule has 2 unspecified atom stereocenters. The Labute approximate surface area is 90.2 Å². The predicted octanol–water partition coefficient (Wildman–Crippen LogP) is 1.65. The summed E-state index contributed by atoms with van der Waals surface area (Å²) in [5.74, 6) is -0.171. The molecule has 1 fully saturated rings. The molecule has 0 aliphatic carbocycles. The highest BCUT2D eigenvalue weighted by Gasteiger charge is 2.24. The molecule has 0 N–H and O–H groups in total. The van der Waals surface area contributed by atoms with Gasteiger partial charge in [-0.05, 0) is 19.4 Å². The zero-order valence-electron chi connectivity index (χ0n) is 9.27. The Bertz CT molecular complexity index is 225. The molecule has 4 nitrogen and oxygen atoms in total. The van der Waals surface area contributed by atoms with Gasteiger partial charge in [-0.25, -0.2) is 0 Å². The van der Waals surface area contributed by atoms with Gasteiger partial charge in [0.05, 0.1) is 6.61 Å². The summed E-state index contributed by atoms with van der Waals surface area (Å²) in [6.45, 7) is 4.61. The third kappa shape index (κ3) is 4.44. The van der Waals surface area contributed by atoms with Crippen LogP contribution in [-0.2, 0) is 19.0 Å². The van der Waals surface area contributed by atoms with Gasteiger partial charge in [-0.1, -0.05) is 13.0 Å². The average Bonchev–Trinajstić information content (AvgIpc) is 2.64. The summed E-state index contributed by atoms with van der Waals surface area (Å²) in [7, 11) is 0. The molecule has 1 rings (SSSR count). The number of rotatable bonds is 5. The number of carbonyl (C=O) groups excluding carboxylic acids is 1. The van der Waals surface area contributed by atoms with E-state index in [0.717, 1.165) is 6.42 Å². The fraction of sp³-hybridized carbons (Fsp3) is 0.727. The summed E-state index contributed by atoms with van der Waals surface area (Å²) in [5, 5.41) is 0. The fourth-order valence-corrected chi connectivity index (χ4v) is 1.28. The molecule has 1 saturated heterocycles. The first-order valence-corrected chi connectivity index (χ1v) is 5.31. The average molecular weight is 214 g/mol. The maximum absolute atomic E-state index is 11.1. The maximum atomic E-state index is 11.1. The third-order valence-corrected chi connectivity index (χ3v) is 2.01. The van der Waals surface area contributed by atoms with Crippen LogP contribution in [0.25, 0.3) is 0 Å². The molecule has 0 aromatic rings. The van der Waals surface area contributed by atoms with Crippen LogP contribution in [0.5, 0.6) is 0 Å². The molecule has 0 radical (unpaired) electrons. The second-order valence-electron chi connectivity index (χ2n) is 3.42. The van der Waals surface area contributed by atoms with Crippen molar-refractivity contribution < 1.29 is 19.0 Å². The molecular weight excluding hydrogens is 196 g/mol. The Kier molecular flexibility index (Phi) is 5.36. The Morgan fingerprint density at radius 3 is 3.07 bits per heavy atom. The van der Waals surface area contributed by atoms with E-state index in [1.165, 1.54) is 0 Å². The van der Waals surface area contributed by atoms with Crippen LogP contribution >= 0.6 is 0 Å². The van der Waals surface area contributed by atoms with Crippen LogP contribution in [0.1, 0.15) is 26.7 Å². The van der Waals surface area contributed by atoms with Gasteiger partial charge in [-0.15, -0.1) is 0 Å². The molecule has 0 aromatic carbocycles. The lowest BCUT2D eigenvalue weighted by atomic mass is 10.3. The molecule has 1 aliphatic rings. The summed E-state index contributed by atoms with van der Waals surface area (Å²) < 4.78 is 15.8. The molecular formula is C11H18O4. The lowest BCUT2D eigenvalue weighted by Crippen LogP contribution is -2.21. The van der Waals surface area contributed by atoms with E-state index >= 15 is 0 Å². The molecule has 4 heteroatoms. The van der Waals surface area contributed by atoms with E-state index < -0.39 is 0 Å². The van der Waals surface area contributed by atoms with Gasteiger partial charge in [0, 0.05) is 6.42 Å². The zero-order chi connectivity index (χ0) is 11.1. The van der Waals surface area contributed by atoms with E-state index in [0.29, 0.717) is 13.0 Å². The summed E-state index contributed by atoms with van der Waals surface area (Å²) in [6, 6.07) is 0. The van der Waals surface area contributed by atoms with Crippen LogP contribution < -0.4 is 0 Å². The van der Waals surface area contributed by atoms with Crippen LogP contribution in [0.3, 0.4) is 0 Å². The van der Waals surface area contributed by atoms with Crippen molar-refractivity contribution in [2.24, 2.45) is 0 Å². The van der Waals surface area contributed by atoms with Crippen LogP contribution in [0.4, 0.5) is 0 Å². The van der Waals surface area contributed by atoms with Gasteiger partial charge in [-0.3, -0.25) is 4.79 Å². The minimum Gasteiger partial charge on any atom is -0.463 e. The van der Waals surface area contributed by atoms with E-state index in [1.807, 2.05) is 26.0 Å². The van der Waals surface area contributed by atoms with Crippen molar-refractivity contribution in [3.63, 3.8) is 0 Å². The van der Waals surface area contributed by atoms with Gasteiger partial charge < -0.3 is 14.2 Å². The molecule has 15 heavy (non-hydrogen) atoms. The molecule has 2 atom stereocenters. The summed E-state index contributed by atoms with van der Waals surface area (Å²) in [6.07, 6.45) is 4.55. The smallest absolute Gasteiger partial charge is 0.305 e. The number of esters is 1. The van der Waals surface area contributed by atoms with Crippen LogP contribution in [0, 0.1) is 0 Å². The third-order valence-electron chi connectivity index (χ3n) is 2.01. The highest BCUT2D eigenvalue weighted by atomic mass is 16.7. The van der Waals surface area contributed by atoms with Gasteiger partial charge in [0.15, 0.2) is 6.29 Å². The Hall–Kier alpha value is -0.870. The van der Waals surface area contributed by atoms with Crippen molar-refractivity contribution in [2.45, 2.75) is 39.1 Å². The molecule has 0 spiro atoms. The molecule has 86 valence electrons. The monoisotopic (exact) mass is 214 g/mol. The second kappa shape index (κ2) is 6.58. The highest BCUT2D eigenvalue weighted by Crippen LogP contribution is 2.13. The van der Waals surface area contributed by atoms with Gasteiger partial charge in [0.2, 0.25) is 0 Å².